The molecule has 272 valence electrons. The lowest BCUT2D eigenvalue weighted by Gasteiger charge is -2.29. The molecule has 7 aromatic carbocycles. The highest BCUT2D eigenvalue weighted by Crippen LogP contribution is 2.41. The minimum atomic E-state index is -1.83. The van der Waals surface area contributed by atoms with Gasteiger partial charge in [-0.15, -0.1) is 0 Å². The highest BCUT2D eigenvalue weighted by Gasteiger charge is 2.37. The molecule has 1 aliphatic heterocycles. The summed E-state index contributed by atoms with van der Waals surface area (Å²) in [4.78, 5) is 4.80. The Labute approximate surface area is 328 Å². The van der Waals surface area contributed by atoms with Crippen molar-refractivity contribution in [3.8, 4) is 11.1 Å². The van der Waals surface area contributed by atoms with Gasteiger partial charge >= 0.3 is 0 Å². The molecule has 1 fully saturated rings. The summed E-state index contributed by atoms with van der Waals surface area (Å²) in [5, 5.41) is 3.08. The zero-order chi connectivity index (χ0) is 37.4. The van der Waals surface area contributed by atoms with E-state index >= 15 is 0 Å². The van der Waals surface area contributed by atoms with Gasteiger partial charge in [0.1, 0.15) is 8.07 Å². The molecule has 0 aromatic heterocycles. The van der Waals surface area contributed by atoms with Crippen LogP contribution in [0.25, 0.3) is 11.1 Å². The lowest BCUT2D eigenvalue weighted by molar-refractivity contribution is 0.443. The minimum absolute atomic E-state index is 0.249. The Bertz CT molecular complexity index is 2340. The van der Waals surface area contributed by atoms with Crippen LogP contribution >= 0.6 is 0 Å². The maximum Gasteiger partial charge on any atom is 0.113 e. The van der Waals surface area contributed by atoms with Gasteiger partial charge in [0.05, 0.1) is 0 Å². The largest absolute Gasteiger partial charge is 0.311 e. The van der Waals surface area contributed by atoms with E-state index in [1.54, 1.807) is 5.19 Å². The van der Waals surface area contributed by atoms with Gasteiger partial charge in [0.15, 0.2) is 0 Å². The van der Waals surface area contributed by atoms with Crippen LogP contribution in [-0.2, 0) is 0 Å². The van der Waals surface area contributed by atoms with E-state index in [4.69, 9.17) is 0 Å². The van der Waals surface area contributed by atoms with Gasteiger partial charge in [0, 0.05) is 40.0 Å². The topological polar surface area (TPSA) is 6.48 Å². The first-order chi connectivity index (χ1) is 27.0. The van der Waals surface area contributed by atoms with Gasteiger partial charge in [-0.3, -0.25) is 0 Å². The third kappa shape index (κ3) is 6.72. The summed E-state index contributed by atoms with van der Waals surface area (Å²) in [6.07, 6.45) is 6.71. The average Bonchev–Trinajstić information content (AvgIpc) is 3.48. The summed E-state index contributed by atoms with van der Waals surface area (Å²) in [6, 6.07) is 65.5. The Balaban J connectivity index is 1.03. The zero-order valence-electron chi connectivity index (χ0n) is 32.3. The maximum atomic E-state index is 2.51. The number of para-hydroxylation sites is 2. The van der Waals surface area contributed by atoms with Gasteiger partial charge in [-0.05, 0) is 130 Å². The van der Waals surface area contributed by atoms with E-state index in [1.807, 2.05) is 0 Å². The second-order valence-corrected chi connectivity index (χ2v) is 20.4. The number of benzene rings is 7. The van der Waals surface area contributed by atoms with Gasteiger partial charge < -0.3 is 9.80 Å². The molecule has 0 spiro atoms. The number of fused-ring (bicyclic) bond motifs is 3. The highest BCUT2D eigenvalue weighted by atomic mass is 28.3. The Morgan fingerprint density at radius 1 is 0.436 bits per heavy atom. The number of nitrogens with zero attached hydrogens (tertiary/aromatic N) is 2. The summed E-state index contributed by atoms with van der Waals surface area (Å²) in [5.41, 5.74) is 14.0. The summed E-state index contributed by atoms with van der Waals surface area (Å²) >= 11 is 0. The maximum absolute atomic E-state index is 2.51. The van der Waals surface area contributed by atoms with Crippen molar-refractivity contribution in [3.05, 3.63) is 193 Å². The van der Waals surface area contributed by atoms with Crippen molar-refractivity contribution in [1.82, 2.24) is 0 Å². The first kappa shape index (κ1) is 35.1. The van der Waals surface area contributed by atoms with Crippen LogP contribution in [0, 0.1) is 0 Å². The van der Waals surface area contributed by atoms with Crippen molar-refractivity contribution < 1.29 is 0 Å². The standard InChI is InChI=1S/C52H50N2Si/c1-38(39-23-29-45(30-24-39)53(43-17-9-5-10-18-43)44-19-11-6-12-20-44)40-25-31-46(32-26-40)54(47-33-27-42(28-34-47)41-15-7-4-8-16-41)48-35-36-50-49-21-13-14-22-51(49)55(2,3)52(50)37-48/h5-6,9-14,17-38,41H,4,7-8,15-16H2,1-3H3. The second kappa shape index (κ2) is 14.9. The van der Waals surface area contributed by atoms with Crippen molar-refractivity contribution in [2.45, 2.75) is 64.0 Å². The fourth-order valence-corrected chi connectivity index (χ4v) is 12.3. The third-order valence-corrected chi connectivity index (χ3v) is 15.9. The molecule has 0 amide bonds. The molecule has 0 bridgehead atoms. The first-order valence-electron chi connectivity index (χ1n) is 20.2. The Kier molecular flexibility index (Phi) is 9.49. The molecule has 1 heterocycles. The van der Waals surface area contributed by atoms with Crippen LogP contribution in [0.1, 0.15) is 67.6 Å². The predicted octanol–water partition coefficient (Wildman–Crippen LogP) is 13.6. The number of anilines is 6. The van der Waals surface area contributed by atoms with Gasteiger partial charge in [-0.25, -0.2) is 0 Å². The molecule has 7 aromatic rings. The quantitative estimate of drug-likeness (QED) is 0.136. The average molecular weight is 731 g/mol. The SMILES string of the molecule is CC(c1ccc(N(c2ccccc2)c2ccccc2)cc1)c1ccc(N(c2ccc(C3CCCCC3)cc2)c2ccc3c(c2)[Si](C)(C)c2ccccc2-3)cc1. The lowest BCUT2D eigenvalue weighted by atomic mass is 9.84. The second-order valence-electron chi connectivity index (χ2n) is 16.1. The van der Waals surface area contributed by atoms with Crippen LogP contribution in [-0.4, -0.2) is 8.07 Å². The van der Waals surface area contributed by atoms with E-state index in [9.17, 15) is 0 Å². The smallest absolute Gasteiger partial charge is 0.113 e. The van der Waals surface area contributed by atoms with E-state index in [0.717, 1.165) is 17.1 Å². The highest BCUT2D eigenvalue weighted by molar-refractivity contribution is 7.03. The van der Waals surface area contributed by atoms with Crippen molar-refractivity contribution >= 4 is 52.6 Å². The van der Waals surface area contributed by atoms with Crippen LogP contribution in [0.15, 0.2) is 176 Å². The monoisotopic (exact) mass is 730 g/mol. The van der Waals surface area contributed by atoms with Crippen molar-refractivity contribution in [2.75, 3.05) is 9.80 Å². The normalized spacial score (nSPS) is 15.2. The van der Waals surface area contributed by atoms with Gasteiger partial charge in [-0.1, -0.05) is 142 Å². The molecule has 3 heteroatoms. The van der Waals surface area contributed by atoms with E-state index < -0.39 is 8.07 Å². The van der Waals surface area contributed by atoms with E-state index in [1.165, 1.54) is 82.2 Å². The number of hydrogen-bond donors (Lipinski definition) is 0. The van der Waals surface area contributed by atoms with Crippen LogP contribution in [0.2, 0.25) is 13.1 Å². The molecule has 55 heavy (non-hydrogen) atoms. The molecular formula is C52H50N2Si. The van der Waals surface area contributed by atoms with Gasteiger partial charge in [0.2, 0.25) is 0 Å². The molecule has 2 aliphatic rings. The third-order valence-electron chi connectivity index (χ3n) is 12.4. The van der Waals surface area contributed by atoms with Crippen molar-refractivity contribution in [3.63, 3.8) is 0 Å². The van der Waals surface area contributed by atoms with Crippen LogP contribution in [0.3, 0.4) is 0 Å². The van der Waals surface area contributed by atoms with E-state index in [-0.39, 0.29) is 5.92 Å². The number of hydrogen-bond acceptors (Lipinski definition) is 2. The fraction of sp³-hybridized carbons (Fsp3) is 0.192. The Morgan fingerprint density at radius 3 is 1.44 bits per heavy atom. The molecule has 1 atom stereocenters. The van der Waals surface area contributed by atoms with E-state index in [2.05, 4.69) is 206 Å². The first-order valence-corrected chi connectivity index (χ1v) is 23.2. The molecule has 0 radical (unpaired) electrons. The lowest BCUT2D eigenvalue weighted by Crippen LogP contribution is -2.49. The van der Waals surface area contributed by atoms with Gasteiger partial charge in [0.25, 0.3) is 0 Å². The number of rotatable bonds is 9. The predicted molar refractivity (Wildman–Crippen MR) is 238 cm³/mol. The van der Waals surface area contributed by atoms with Crippen LogP contribution in [0.5, 0.6) is 0 Å². The van der Waals surface area contributed by atoms with Crippen LogP contribution < -0.4 is 20.2 Å². The van der Waals surface area contributed by atoms with Crippen molar-refractivity contribution in [2.24, 2.45) is 0 Å². The summed E-state index contributed by atoms with van der Waals surface area (Å²) < 4.78 is 0. The molecular weight excluding hydrogens is 681 g/mol. The Hall–Kier alpha value is -5.64. The summed E-state index contributed by atoms with van der Waals surface area (Å²) in [6.45, 7) is 7.34. The fourth-order valence-electron chi connectivity index (χ4n) is 9.23. The molecule has 1 unspecified atom stereocenters. The minimum Gasteiger partial charge on any atom is -0.311 e. The molecule has 1 saturated carbocycles. The molecule has 0 N–H and O–H groups in total. The zero-order valence-corrected chi connectivity index (χ0v) is 33.3. The molecule has 0 saturated heterocycles. The Morgan fingerprint density at radius 2 is 0.873 bits per heavy atom. The van der Waals surface area contributed by atoms with Crippen molar-refractivity contribution in [1.29, 1.82) is 0 Å². The van der Waals surface area contributed by atoms with Crippen LogP contribution in [0.4, 0.5) is 34.1 Å². The van der Waals surface area contributed by atoms with Gasteiger partial charge in [-0.2, -0.15) is 0 Å². The van der Waals surface area contributed by atoms with E-state index in [0.29, 0.717) is 5.92 Å². The summed E-state index contributed by atoms with van der Waals surface area (Å²) in [5.74, 6) is 0.939. The summed E-state index contributed by atoms with van der Waals surface area (Å²) in [7, 11) is -1.83. The molecule has 1 aliphatic carbocycles. The molecule has 2 nitrogen and oxygen atoms in total. The molecule has 9 rings (SSSR count).